The number of nitrogens with zero attached hydrogens (tertiary/aromatic N) is 4. The van der Waals surface area contributed by atoms with Crippen LogP contribution in [0.5, 0.6) is 0 Å². The summed E-state index contributed by atoms with van der Waals surface area (Å²) in [6, 6.07) is 2.55. The number of rotatable bonds is 6. The van der Waals surface area contributed by atoms with Crippen LogP contribution in [0.3, 0.4) is 0 Å². The van der Waals surface area contributed by atoms with E-state index in [0.29, 0.717) is 30.8 Å². The molecule has 1 aliphatic rings. The zero-order chi connectivity index (χ0) is 22.5. The zero-order valence-corrected chi connectivity index (χ0v) is 18.2. The maximum Gasteiger partial charge on any atom is 0.361 e. The van der Waals surface area contributed by atoms with E-state index in [4.69, 9.17) is 4.74 Å². The van der Waals surface area contributed by atoms with Crippen LogP contribution in [0, 0.1) is 0 Å². The van der Waals surface area contributed by atoms with Crippen LogP contribution >= 0.6 is 11.3 Å². The largest absolute Gasteiger partial charge is 0.464 e. The van der Waals surface area contributed by atoms with Crippen LogP contribution in [-0.4, -0.2) is 77.0 Å². The van der Waals surface area contributed by atoms with Crippen LogP contribution in [-0.2, 0) is 14.3 Å². The number of thiophene rings is 1. The van der Waals surface area contributed by atoms with Gasteiger partial charge in [-0.2, -0.15) is 0 Å². The molecule has 0 aromatic carbocycles. The number of nitrogens with one attached hydrogen (secondary N) is 1. The van der Waals surface area contributed by atoms with E-state index in [1.54, 1.807) is 29.3 Å². The first-order valence-electron chi connectivity index (χ1n) is 9.62. The van der Waals surface area contributed by atoms with Gasteiger partial charge in [0.1, 0.15) is 6.04 Å². The molecule has 1 N–H and O–H groups in total. The molecule has 0 spiro atoms. The lowest BCUT2D eigenvalue weighted by Crippen LogP contribution is -2.49. The lowest BCUT2D eigenvalue weighted by atomic mass is 10.0. The molecule has 2 aromatic rings. The monoisotopic (exact) mass is 449 g/mol. The van der Waals surface area contributed by atoms with Gasteiger partial charge in [-0.25, -0.2) is 14.3 Å². The summed E-state index contributed by atoms with van der Waals surface area (Å²) >= 11 is 1.31. The number of carbonyl (C=O) groups excluding carboxylic acids is 4. The molecule has 31 heavy (non-hydrogen) atoms. The fourth-order valence-electron chi connectivity index (χ4n) is 3.41. The quantitative estimate of drug-likeness (QED) is 0.643. The van der Waals surface area contributed by atoms with Crippen molar-refractivity contribution in [1.29, 1.82) is 0 Å². The minimum absolute atomic E-state index is 0.0734. The Kier molecular flexibility index (Phi) is 7.00. The highest BCUT2D eigenvalue weighted by Gasteiger charge is 2.33. The Morgan fingerprint density at radius 3 is 2.42 bits per heavy atom. The Morgan fingerprint density at radius 1 is 1.16 bits per heavy atom. The molecule has 12 heteroatoms. The van der Waals surface area contributed by atoms with Crippen LogP contribution in [0.4, 0.5) is 0 Å². The standard InChI is InChI=1S/C19H23N5O6S/c1-11(20-16(25)13-5-4-10-31-13)17(26)23-8-6-12(7-9-23)24-15(19(28)30-3)14(21-22-24)18(27)29-2/h4-5,10-12H,6-9H2,1-3H3,(H,20,25)/t11-/m0/s1. The average molecular weight is 449 g/mol. The SMILES string of the molecule is COC(=O)c1nnn(C2CCN(C(=O)[C@H](C)NC(=O)c3cccs3)CC2)c1C(=O)OC. The van der Waals surface area contributed by atoms with Gasteiger partial charge in [-0.3, -0.25) is 9.59 Å². The third kappa shape index (κ3) is 4.74. The summed E-state index contributed by atoms with van der Waals surface area (Å²) in [5, 5.41) is 12.2. The highest BCUT2D eigenvalue weighted by Crippen LogP contribution is 2.25. The predicted molar refractivity (Wildman–Crippen MR) is 109 cm³/mol. The number of ether oxygens (including phenoxy) is 2. The Labute approximate surface area is 182 Å². The lowest BCUT2D eigenvalue weighted by Gasteiger charge is -2.33. The van der Waals surface area contributed by atoms with Crippen LogP contribution < -0.4 is 5.32 Å². The lowest BCUT2D eigenvalue weighted by molar-refractivity contribution is -0.134. The van der Waals surface area contributed by atoms with Gasteiger partial charge in [-0.05, 0) is 31.2 Å². The minimum Gasteiger partial charge on any atom is -0.464 e. The molecule has 1 aliphatic heterocycles. The Bertz CT molecular complexity index is 965. The van der Waals surface area contributed by atoms with Gasteiger partial charge in [0.2, 0.25) is 11.6 Å². The first-order chi connectivity index (χ1) is 14.9. The molecular formula is C19H23N5O6S. The molecule has 1 saturated heterocycles. The van der Waals surface area contributed by atoms with E-state index in [-0.39, 0.29) is 29.2 Å². The number of methoxy groups -OCH3 is 2. The van der Waals surface area contributed by atoms with Crippen molar-refractivity contribution in [1.82, 2.24) is 25.2 Å². The van der Waals surface area contributed by atoms with Crippen LogP contribution in [0.25, 0.3) is 0 Å². The molecule has 0 bridgehead atoms. The molecular weight excluding hydrogens is 426 g/mol. The predicted octanol–water partition coefficient (Wildman–Crippen LogP) is 0.895. The Balaban J connectivity index is 1.65. The molecule has 0 unspecified atom stereocenters. The molecule has 11 nitrogen and oxygen atoms in total. The minimum atomic E-state index is -0.783. The van der Waals surface area contributed by atoms with Crippen molar-refractivity contribution in [3.05, 3.63) is 33.8 Å². The van der Waals surface area contributed by atoms with Crippen molar-refractivity contribution in [3.8, 4) is 0 Å². The van der Waals surface area contributed by atoms with Gasteiger partial charge in [0.05, 0.1) is 25.1 Å². The Hall–Kier alpha value is -3.28. The molecule has 3 rings (SSSR count). The molecule has 0 radical (unpaired) electrons. The average Bonchev–Trinajstić information content (AvgIpc) is 3.48. The van der Waals surface area contributed by atoms with Crippen molar-refractivity contribution < 1.29 is 28.7 Å². The third-order valence-electron chi connectivity index (χ3n) is 5.04. The second kappa shape index (κ2) is 9.69. The molecule has 2 amide bonds. The first-order valence-corrected chi connectivity index (χ1v) is 10.5. The summed E-state index contributed by atoms with van der Waals surface area (Å²) in [5.41, 5.74) is -0.284. The number of hydrogen-bond acceptors (Lipinski definition) is 9. The summed E-state index contributed by atoms with van der Waals surface area (Å²) in [6.45, 7) is 2.45. The molecule has 0 saturated carbocycles. The van der Waals surface area contributed by atoms with Gasteiger partial charge in [0.25, 0.3) is 5.91 Å². The van der Waals surface area contributed by atoms with Crippen molar-refractivity contribution in [2.45, 2.75) is 31.8 Å². The number of piperidine rings is 1. The third-order valence-corrected chi connectivity index (χ3v) is 5.91. The number of amides is 2. The van der Waals surface area contributed by atoms with Crippen molar-refractivity contribution >= 4 is 35.1 Å². The summed E-state index contributed by atoms with van der Waals surface area (Å²) in [6.07, 6.45) is 0.983. The maximum atomic E-state index is 12.7. The molecule has 2 aromatic heterocycles. The van der Waals surface area contributed by atoms with E-state index in [9.17, 15) is 19.2 Å². The number of esters is 2. The van der Waals surface area contributed by atoms with Gasteiger partial charge in [0.15, 0.2) is 5.69 Å². The van der Waals surface area contributed by atoms with E-state index in [1.807, 2.05) is 0 Å². The summed E-state index contributed by atoms with van der Waals surface area (Å²) in [4.78, 5) is 51.2. The van der Waals surface area contributed by atoms with Gasteiger partial charge in [-0.15, -0.1) is 16.4 Å². The Morgan fingerprint density at radius 2 is 1.84 bits per heavy atom. The second-order valence-corrected chi connectivity index (χ2v) is 7.89. The van der Waals surface area contributed by atoms with E-state index in [0.717, 1.165) is 0 Å². The number of carbonyl (C=O) groups is 4. The van der Waals surface area contributed by atoms with Crippen molar-refractivity contribution in [3.63, 3.8) is 0 Å². The topological polar surface area (TPSA) is 133 Å². The van der Waals surface area contributed by atoms with E-state index < -0.39 is 18.0 Å². The van der Waals surface area contributed by atoms with Gasteiger partial charge < -0.3 is 19.7 Å². The van der Waals surface area contributed by atoms with E-state index in [2.05, 4.69) is 20.4 Å². The zero-order valence-electron chi connectivity index (χ0n) is 17.4. The van der Waals surface area contributed by atoms with E-state index in [1.165, 1.54) is 30.2 Å². The number of hydrogen-bond donors (Lipinski definition) is 1. The van der Waals surface area contributed by atoms with Crippen LogP contribution in [0.2, 0.25) is 0 Å². The fourth-order valence-corrected chi connectivity index (χ4v) is 4.04. The highest BCUT2D eigenvalue weighted by atomic mass is 32.1. The maximum absolute atomic E-state index is 12.7. The molecule has 1 atom stereocenters. The fraction of sp³-hybridized carbons (Fsp3) is 0.474. The highest BCUT2D eigenvalue weighted by molar-refractivity contribution is 7.12. The second-order valence-electron chi connectivity index (χ2n) is 6.94. The molecule has 3 heterocycles. The van der Waals surface area contributed by atoms with Crippen molar-refractivity contribution in [2.24, 2.45) is 0 Å². The molecule has 0 aliphatic carbocycles. The number of likely N-dealkylation sites (tertiary alicyclic amines) is 1. The van der Waals surface area contributed by atoms with E-state index >= 15 is 0 Å². The summed E-state index contributed by atoms with van der Waals surface area (Å²) < 4.78 is 10.8. The smallest absolute Gasteiger partial charge is 0.361 e. The van der Waals surface area contributed by atoms with Gasteiger partial charge in [-0.1, -0.05) is 11.3 Å². The van der Waals surface area contributed by atoms with Gasteiger partial charge >= 0.3 is 11.9 Å². The van der Waals surface area contributed by atoms with Crippen LogP contribution in [0.15, 0.2) is 17.5 Å². The van der Waals surface area contributed by atoms with Crippen LogP contribution in [0.1, 0.15) is 56.5 Å². The molecule has 166 valence electrons. The first kappa shape index (κ1) is 22.4. The summed E-state index contributed by atoms with van der Waals surface area (Å²) in [5.74, 6) is -2.00. The normalized spacial score (nSPS) is 15.3. The van der Waals surface area contributed by atoms with Gasteiger partial charge in [0, 0.05) is 13.1 Å². The molecule has 1 fully saturated rings. The van der Waals surface area contributed by atoms with Crippen molar-refractivity contribution in [2.75, 3.05) is 27.3 Å². The summed E-state index contributed by atoms with van der Waals surface area (Å²) in [7, 11) is 2.39. The number of aromatic nitrogens is 3.